The van der Waals surface area contributed by atoms with Crippen LogP contribution in [0.4, 0.5) is 10.1 Å². The fraction of sp³-hybridized carbons (Fsp3) is 0.352. The minimum Gasteiger partial charge on any atom is -0.496 e. The summed E-state index contributed by atoms with van der Waals surface area (Å²) in [4.78, 5) is 78.5. The molecule has 2 saturated heterocycles. The van der Waals surface area contributed by atoms with Crippen molar-refractivity contribution < 1.29 is 33.4 Å². The van der Waals surface area contributed by atoms with Crippen molar-refractivity contribution in [2.75, 3.05) is 71.9 Å². The largest absolute Gasteiger partial charge is 0.496 e. The van der Waals surface area contributed by atoms with E-state index in [0.717, 1.165) is 49.5 Å². The number of imide groups is 1. The fourth-order valence-electron chi connectivity index (χ4n) is 10.7. The highest BCUT2D eigenvalue weighted by molar-refractivity contribution is 6.05. The molecule has 0 saturated carbocycles. The molecule has 378 valence electrons. The maximum Gasteiger partial charge on any atom is 0.329 e. The molecule has 4 amide bonds. The Morgan fingerprint density at radius 2 is 1.71 bits per heavy atom. The Kier molecular flexibility index (Phi) is 13.6. The van der Waals surface area contributed by atoms with E-state index in [0.29, 0.717) is 69.4 Å². The molecule has 4 aromatic carbocycles. The van der Waals surface area contributed by atoms with Crippen LogP contribution in [0.2, 0.25) is 0 Å². The number of methoxy groups -OCH3 is 1. The summed E-state index contributed by atoms with van der Waals surface area (Å²) < 4.78 is 26.4. The van der Waals surface area contributed by atoms with Gasteiger partial charge in [-0.1, -0.05) is 42.5 Å². The zero-order valence-electron chi connectivity index (χ0n) is 41.3. The summed E-state index contributed by atoms with van der Waals surface area (Å²) in [6, 6.07) is 21.8. The summed E-state index contributed by atoms with van der Waals surface area (Å²) >= 11 is 0. The number of amides is 4. The lowest BCUT2D eigenvalue weighted by Crippen LogP contribution is -2.47. The zero-order valence-corrected chi connectivity index (χ0v) is 41.3. The molecule has 19 heteroatoms. The van der Waals surface area contributed by atoms with E-state index in [-0.39, 0.29) is 67.2 Å². The molecule has 6 heterocycles. The van der Waals surface area contributed by atoms with Gasteiger partial charge in [0.05, 0.1) is 55.1 Å². The maximum absolute atomic E-state index is 17.2. The molecule has 3 aromatic heterocycles. The Balaban J connectivity index is 0.893. The Morgan fingerprint density at radius 3 is 2.45 bits per heavy atom. The summed E-state index contributed by atoms with van der Waals surface area (Å²) in [7, 11) is 6.61. The van der Waals surface area contributed by atoms with Crippen molar-refractivity contribution in [3.05, 3.63) is 136 Å². The monoisotopic (exact) mass is 991 g/mol. The van der Waals surface area contributed by atoms with Crippen LogP contribution >= 0.6 is 0 Å². The highest BCUT2D eigenvalue weighted by Gasteiger charge is 2.33. The molecule has 3 N–H and O–H groups in total. The van der Waals surface area contributed by atoms with Crippen LogP contribution in [0.15, 0.2) is 96.1 Å². The van der Waals surface area contributed by atoms with Crippen LogP contribution in [0.25, 0.3) is 38.6 Å². The number of piperidine rings is 1. The number of nitrogens with one attached hydrogen (secondary N) is 2. The number of H-pyrrole nitrogens is 1. The molecule has 2 fully saturated rings. The van der Waals surface area contributed by atoms with Gasteiger partial charge < -0.3 is 29.5 Å². The van der Waals surface area contributed by atoms with E-state index in [1.807, 2.05) is 60.7 Å². The van der Waals surface area contributed by atoms with Crippen molar-refractivity contribution in [3.8, 4) is 16.9 Å². The lowest BCUT2D eigenvalue weighted by atomic mass is 9.91. The number of aliphatic hydroxyl groups is 1. The summed E-state index contributed by atoms with van der Waals surface area (Å²) in [5, 5.41) is 21.3. The van der Waals surface area contributed by atoms with Gasteiger partial charge in [0.15, 0.2) is 5.82 Å². The van der Waals surface area contributed by atoms with Gasteiger partial charge in [0.25, 0.3) is 5.91 Å². The van der Waals surface area contributed by atoms with Crippen molar-refractivity contribution in [3.63, 3.8) is 0 Å². The second kappa shape index (κ2) is 20.3. The van der Waals surface area contributed by atoms with Gasteiger partial charge in [-0.2, -0.15) is 15.0 Å². The predicted molar refractivity (Wildman–Crippen MR) is 274 cm³/mol. The number of aromatic nitrogens is 6. The fourth-order valence-corrected chi connectivity index (χ4v) is 10.7. The first-order valence-corrected chi connectivity index (χ1v) is 24.6. The van der Waals surface area contributed by atoms with Gasteiger partial charge in [-0.05, 0) is 77.4 Å². The second-order valence-electron chi connectivity index (χ2n) is 19.2. The molecule has 7 aromatic rings. The molecule has 0 aliphatic carbocycles. The number of imidazole rings is 1. The number of hydrogen-bond acceptors (Lipinski definition) is 11. The second-order valence-corrected chi connectivity index (χ2v) is 19.2. The SMILES string of the molecule is COc1cc(N2CCN(CCc3cccc4c3n(C)c(=O)n4C3CCC(=O)NC3=O)CC2)ccc1-c1cc(C2=CCCN(C(=O)C(Cn3nccn3)c3cccc(CO)c3)C2)c(F)c2[nH]c(C(=O)N(C)C)cc12. The van der Waals surface area contributed by atoms with E-state index >= 15 is 4.39 Å². The van der Waals surface area contributed by atoms with Crippen molar-refractivity contribution in [1.29, 1.82) is 0 Å². The lowest BCUT2D eigenvalue weighted by molar-refractivity contribution is -0.136. The van der Waals surface area contributed by atoms with Crippen molar-refractivity contribution >= 4 is 56.8 Å². The van der Waals surface area contributed by atoms with Gasteiger partial charge in [0, 0.05) is 102 Å². The molecule has 73 heavy (non-hydrogen) atoms. The molecule has 3 aliphatic heterocycles. The summed E-state index contributed by atoms with van der Waals surface area (Å²) in [6.07, 6.45) is 6.70. The number of ether oxygens (including phenoxy) is 1. The number of nitrogens with zero attached hydrogens (tertiary/aromatic N) is 9. The normalized spacial score (nSPS) is 17.0. The third kappa shape index (κ3) is 9.41. The first-order chi connectivity index (χ1) is 35.3. The molecule has 18 nitrogen and oxygen atoms in total. The third-order valence-corrected chi connectivity index (χ3v) is 14.6. The van der Waals surface area contributed by atoms with E-state index in [2.05, 4.69) is 30.3 Å². The van der Waals surface area contributed by atoms with Crippen LogP contribution in [-0.2, 0) is 41.0 Å². The summed E-state index contributed by atoms with van der Waals surface area (Å²) in [5.41, 5.74) is 7.18. The molecule has 0 spiro atoms. The smallest absolute Gasteiger partial charge is 0.329 e. The number of benzene rings is 4. The topological polar surface area (TPSA) is 196 Å². The molecule has 3 aliphatic rings. The van der Waals surface area contributed by atoms with E-state index in [4.69, 9.17) is 4.74 Å². The number of carbonyl (C=O) groups is 4. The van der Waals surface area contributed by atoms with Gasteiger partial charge in [-0.3, -0.25) is 38.5 Å². The first kappa shape index (κ1) is 48.7. The minimum atomic E-state index is -0.746. The summed E-state index contributed by atoms with van der Waals surface area (Å²) in [6.45, 7) is 4.35. The van der Waals surface area contributed by atoms with Crippen molar-refractivity contribution in [2.24, 2.45) is 7.05 Å². The first-order valence-electron chi connectivity index (χ1n) is 24.6. The number of para-hydroxylation sites is 1. The number of aromatic amines is 1. The van der Waals surface area contributed by atoms with Crippen LogP contribution in [0.5, 0.6) is 5.75 Å². The number of fused-ring (bicyclic) bond motifs is 2. The van der Waals surface area contributed by atoms with Gasteiger partial charge in [-0.25, -0.2) is 9.18 Å². The molecule has 10 rings (SSSR count). The van der Waals surface area contributed by atoms with Crippen molar-refractivity contribution in [2.45, 2.75) is 50.8 Å². The third-order valence-electron chi connectivity index (χ3n) is 14.6. The van der Waals surface area contributed by atoms with Crippen LogP contribution in [0, 0.1) is 5.82 Å². The number of aryl methyl sites for hydroxylation is 1. The Bertz CT molecular complexity index is 3370. The number of hydrogen-bond donors (Lipinski definition) is 3. The van der Waals surface area contributed by atoms with E-state index in [1.165, 1.54) is 14.3 Å². The highest BCUT2D eigenvalue weighted by Crippen LogP contribution is 2.42. The van der Waals surface area contributed by atoms with Crippen LogP contribution in [0.3, 0.4) is 0 Å². The van der Waals surface area contributed by atoms with Crippen molar-refractivity contribution in [1.82, 2.24) is 49.1 Å². The van der Waals surface area contributed by atoms with Crippen LogP contribution < -0.4 is 20.6 Å². The molecular weight excluding hydrogens is 934 g/mol. The quantitative estimate of drug-likeness (QED) is 0.126. The average Bonchev–Trinajstić information content (AvgIpc) is 4.17. The average molecular weight is 992 g/mol. The van der Waals surface area contributed by atoms with E-state index in [9.17, 15) is 29.1 Å². The Labute approximate surface area is 420 Å². The van der Waals surface area contributed by atoms with Crippen LogP contribution in [0.1, 0.15) is 64.0 Å². The standard InChI is InChI=1S/C54H58FN11O7/c1-60(2)53(71)43-29-41-40(28-39(48(55)49(41)58-43)36-11-7-20-64(30-36)52(70)42(31-65-56-18-19-57-65)35-10-5-8-33(26-35)32-67)38-14-13-37(27-46(38)73-4)63-24-22-62(23-25-63)21-17-34-9-6-12-44-50(34)61(3)54(72)66(44)45-15-16-47(68)59-51(45)69/h5-6,8-14,18-19,26-29,42,45,58,67H,7,15-17,20-25,30-32H2,1-4H3,(H,59,68,69). The number of rotatable bonds is 14. The molecule has 0 bridgehead atoms. The van der Waals surface area contributed by atoms with Gasteiger partial charge in [-0.15, -0.1) is 0 Å². The number of piperazine rings is 1. The predicted octanol–water partition coefficient (Wildman–Crippen LogP) is 4.86. The van der Waals surface area contributed by atoms with Gasteiger partial charge >= 0.3 is 5.69 Å². The minimum absolute atomic E-state index is 0.128. The molecule has 2 unspecified atom stereocenters. The number of anilines is 1. The maximum atomic E-state index is 17.2. The Hall–Kier alpha value is -7.90. The summed E-state index contributed by atoms with van der Waals surface area (Å²) in [5.74, 6) is -1.93. The number of halogens is 1. The molecule has 2 atom stereocenters. The van der Waals surface area contributed by atoms with E-state index in [1.54, 1.807) is 68.3 Å². The number of carbonyl (C=O) groups excluding carboxylic acids is 4. The van der Waals surface area contributed by atoms with Gasteiger partial charge in [0.1, 0.15) is 17.5 Å². The lowest BCUT2D eigenvalue weighted by Gasteiger charge is -2.36. The van der Waals surface area contributed by atoms with Crippen LogP contribution in [-0.4, -0.2) is 140 Å². The van der Waals surface area contributed by atoms with Gasteiger partial charge in [0.2, 0.25) is 17.7 Å². The zero-order chi connectivity index (χ0) is 51.1. The Morgan fingerprint density at radius 1 is 0.932 bits per heavy atom. The molecule has 0 radical (unpaired) electrons. The van der Waals surface area contributed by atoms with E-state index < -0.39 is 23.7 Å². The number of aliphatic hydroxyl groups excluding tert-OH is 1. The molecular formula is C54H58FN11O7. The highest BCUT2D eigenvalue weighted by atomic mass is 19.1.